The molecule has 0 radical (unpaired) electrons. The van der Waals surface area contributed by atoms with E-state index in [2.05, 4.69) is 11.0 Å². The number of hydrogen-bond donors (Lipinski definition) is 1. The topological polar surface area (TPSA) is 53.0 Å². The van der Waals surface area contributed by atoms with Crippen molar-refractivity contribution in [1.29, 1.82) is 0 Å². The van der Waals surface area contributed by atoms with E-state index in [1.54, 1.807) is 13.0 Å². The van der Waals surface area contributed by atoms with E-state index in [1.165, 1.54) is 12.8 Å². The lowest BCUT2D eigenvalue weighted by Crippen LogP contribution is -2.73. The van der Waals surface area contributed by atoms with Crippen LogP contribution in [-0.4, -0.2) is 47.4 Å². The average Bonchev–Trinajstić information content (AvgIpc) is 3.26. The van der Waals surface area contributed by atoms with Crippen LogP contribution in [0.25, 0.3) is 0 Å². The second-order valence-corrected chi connectivity index (χ2v) is 8.95. The van der Waals surface area contributed by atoms with Gasteiger partial charge < -0.3 is 14.7 Å². The maximum atomic E-state index is 12.7. The number of fused-ring (bicyclic) bond motifs is 1. The fourth-order valence-corrected chi connectivity index (χ4v) is 7.83. The van der Waals surface area contributed by atoms with Crippen LogP contribution in [0.5, 0.6) is 5.75 Å². The Bertz CT molecular complexity index is 825. The van der Waals surface area contributed by atoms with E-state index in [-0.39, 0.29) is 34.3 Å². The molecule has 2 spiro atoms. The highest BCUT2D eigenvalue weighted by Crippen LogP contribution is 2.73. The van der Waals surface area contributed by atoms with E-state index in [4.69, 9.17) is 4.74 Å². The molecule has 1 N–H and O–H groups in total. The Morgan fingerprint density at radius 2 is 2.12 bits per heavy atom. The summed E-state index contributed by atoms with van der Waals surface area (Å²) in [4.78, 5) is 17.2. The van der Waals surface area contributed by atoms with Gasteiger partial charge in [0.15, 0.2) is 0 Å². The molecule has 5 aliphatic rings. The highest BCUT2D eigenvalue weighted by Gasteiger charge is 2.79. The van der Waals surface area contributed by atoms with Crippen LogP contribution in [0.4, 0.5) is 5.69 Å². The van der Waals surface area contributed by atoms with Crippen molar-refractivity contribution in [1.82, 2.24) is 4.90 Å². The average molecular weight is 354 g/mol. The van der Waals surface area contributed by atoms with Crippen molar-refractivity contribution >= 4 is 11.6 Å². The van der Waals surface area contributed by atoms with Crippen LogP contribution in [0, 0.1) is 5.41 Å². The van der Waals surface area contributed by atoms with Gasteiger partial charge in [-0.15, -0.1) is 0 Å². The van der Waals surface area contributed by atoms with Gasteiger partial charge in [-0.25, -0.2) is 0 Å². The quantitative estimate of drug-likeness (QED) is 0.778. The summed E-state index contributed by atoms with van der Waals surface area (Å²) in [6, 6.07) is 5.90. The molecular formula is C21H26N2O3. The first-order valence-corrected chi connectivity index (χ1v) is 10.1. The number of piperidine rings is 1. The maximum absolute atomic E-state index is 12.7. The molecule has 0 aromatic heterocycles. The number of benzene rings is 1. The first-order valence-electron chi connectivity index (χ1n) is 10.1. The lowest BCUT2D eigenvalue weighted by atomic mass is 9.50. The molecule has 4 unspecified atom stereocenters. The van der Waals surface area contributed by atoms with E-state index < -0.39 is 0 Å². The zero-order chi connectivity index (χ0) is 17.7. The van der Waals surface area contributed by atoms with Crippen LogP contribution >= 0.6 is 0 Å². The maximum Gasteiger partial charge on any atom is 0.224 e. The lowest BCUT2D eigenvalue weighted by molar-refractivity contribution is -0.232. The van der Waals surface area contributed by atoms with E-state index >= 15 is 0 Å². The summed E-state index contributed by atoms with van der Waals surface area (Å²) < 4.78 is 6.76. The van der Waals surface area contributed by atoms with E-state index in [1.807, 2.05) is 11.0 Å². The number of ether oxygens (including phenoxy) is 1. The first kappa shape index (κ1) is 15.5. The van der Waals surface area contributed by atoms with Gasteiger partial charge in [0.25, 0.3) is 0 Å². The number of nitrogens with zero attached hydrogens (tertiary/aromatic N) is 2. The molecule has 4 heterocycles. The number of anilines is 1. The van der Waals surface area contributed by atoms with Crippen LogP contribution in [-0.2, 0) is 14.9 Å². The molecule has 0 bridgehead atoms. The Morgan fingerprint density at radius 1 is 1.23 bits per heavy atom. The third kappa shape index (κ3) is 1.34. The number of amides is 1. The number of carbonyl (C=O) groups excluding carboxylic acids is 1. The number of para-hydroxylation sites is 1. The van der Waals surface area contributed by atoms with Crippen LogP contribution < -0.4 is 4.90 Å². The fourth-order valence-electron chi connectivity index (χ4n) is 7.83. The number of phenols is 1. The van der Waals surface area contributed by atoms with Gasteiger partial charge in [0.1, 0.15) is 11.5 Å². The van der Waals surface area contributed by atoms with Crippen molar-refractivity contribution in [2.75, 3.05) is 24.6 Å². The summed E-state index contributed by atoms with van der Waals surface area (Å²) in [5.41, 5.74) is 1.59. The summed E-state index contributed by atoms with van der Waals surface area (Å²) in [7, 11) is 0. The molecule has 1 aliphatic carbocycles. The minimum absolute atomic E-state index is 0.0331. The molecule has 4 fully saturated rings. The Labute approximate surface area is 153 Å². The lowest BCUT2D eigenvalue weighted by Gasteiger charge is -2.62. The van der Waals surface area contributed by atoms with Crippen molar-refractivity contribution in [2.24, 2.45) is 5.41 Å². The van der Waals surface area contributed by atoms with E-state index in [0.717, 1.165) is 56.6 Å². The standard InChI is InChI=1S/C21H26N2O3/c1-14(24)23-17-6-8-19-7-3-11-22-12-9-20(17,21(19,22)26-13-10-19)15-4-2-5-16(25)18(15)23/h2,4-5,17,25H,3,6-13H2,1H3. The molecule has 3 saturated heterocycles. The predicted octanol–water partition coefficient (Wildman–Crippen LogP) is 2.76. The molecule has 1 aromatic rings. The summed E-state index contributed by atoms with van der Waals surface area (Å²) in [6.45, 7) is 4.57. The van der Waals surface area contributed by atoms with Crippen LogP contribution in [0.2, 0.25) is 0 Å². The Hall–Kier alpha value is -1.59. The number of rotatable bonds is 0. The number of aromatic hydroxyl groups is 1. The first-order chi connectivity index (χ1) is 12.6. The van der Waals surface area contributed by atoms with Gasteiger partial charge in [0.05, 0.1) is 17.1 Å². The van der Waals surface area contributed by atoms with Gasteiger partial charge in [-0.05, 0) is 50.2 Å². The normalized spacial score (nSPS) is 43.0. The smallest absolute Gasteiger partial charge is 0.224 e. The highest BCUT2D eigenvalue weighted by atomic mass is 16.5. The van der Waals surface area contributed by atoms with Gasteiger partial charge in [-0.2, -0.15) is 0 Å². The third-order valence-electron chi connectivity index (χ3n) is 8.37. The monoisotopic (exact) mass is 354 g/mol. The summed E-state index contributed by atoms with van der Waals surface area (Å²) in [6.07, 6.45) is 6.74. The highest BCUT2D eigenvalue weighted by molar-refractivity contribution is 5.98. The Balaban J connectivity index is 1.69. The number of carbonyl (C=O) groups is 1. The molecule has 5 nitrogen and oxygen atoms in total. The van der Waals surface area contributed by atoms with Crippen molar-refractivity contribution in [2.45, 2.75) is 62.6 Å². The number of hydrogen-bond acceptors (Lipinski definition) is 4. The van der Waals surface area contributed by atoms with Gasteiger partial charge >= 0.3 is 0 Å². The zero-order valence-corrected chi connectivity index (χ0v) is 15.3. The third-order valence-corrected chi connectivity index (χ3v) is 8.37. The van der Waals surface area contributed by atoms with Crippen molar-refractivity contribution in [3.8, 4) is 5.75 Å². The summed E-state index contributed by atoms with van der Waals surface area (Å²) in [5, 5.41) is 10.7. The zero-order valence-electron chi connectivity index (χ0n) is 15.3. The van der Waals surface area contributed by atoms with Crippen molar-refractivity contribution < 1.29 is 14.6 Å². The van der Waals surface area contributed by atoms with Gasteiger partial charge in [-0.3, -0.25) is 9.69 Å². The molecule has 1 aromatic carbocycles. The molecule has 1 saturated carbocycles. The molecule has 26 heavy (non-hydrogen) atoms. The SMILES string of the molecule is CC(=O)N1c2c(O)cccc2C23CCN4CCCC5(CCOC452)CCC13. The number of phenolic OH excluding ortho intramolecular Hbond substituents is 1. The predicted molar refractivity (Wildman–Crippen MR) is 97.1 cm³/mol. The van der Waals surface area contributed by atoms with Crippen LogP contribution in [0.3, 0.4) is 0 Å². The second kappa shape index (κ2) is 4.63. The Kier molecular flexibility index (Phi) is 2.75. The molecule has 5 heteroatoms. The van der Waals surface area contributed by atoms with Gasteiger partial charge in [0, 0.05) is 32.0 Å². The molecule has 138 valence electrons. The van der Waals surface area contributed by atoms with Crippen molar-refractivity contribution in [3.63, 3.8) is 0 Å². The van der Waals surface area contributed by atoms with Crippen molar-refractivity contribution in [3.05, 3.63) is 23.8 Å². The van der Waals surface area contributed by atoms with E-state index in [0.29, 0.717) is 0 Å². The second-order valence-electron chi connectivity index (χ2n) is 8.95. The molecule has 4 atom stereocenters. The van der Waals surface area contributed by atoms with Crippen LogP contribution in [0.15, 0.2) is 18.2 Å². The summed E-state index contributed by atoms with van der Waals surface area (Å²) >= 11 is 0. The Morgan fingerprint density at radius 3 is 2.96 bits per heavy atom. The van der Waals surface area contributed by atoms with Gasteiger partial charge in [-0.1, -0.05) is 12.1 Å². The fraction of sp³-hybridized carbons (Fsp3) is 0.667. The van der Waals surface area contributed by atoms with Gasteiger partial charge in [0.2, 0.25) is 5.91 Å². The summed E-state index contributed by atoms with van der Waals surface area (Å²) in [5.74, 6) is 0.265. The molecule has 4 aliphatic heterocycles. The minimum Gasteiger partial charge on any atom is -0.506 e. The molecule has 6 rings (SSSR count). The van der Waals surface area contributed by atoms with Crippen LogP contribution in [0.1, 0.15) is 51.0 Å². The minimum atomic E-state index is -0.298. The van der Waals surface area contributed by atoms with E-state index in [9.17, 15) is 9.90 Å². The molecule has 1 amide bonds. The molecular weight excluding hydrogens is 328 g/mol. The largest absolute Gasteiger partial charge is 0.506 e.